The van der Waals surface area contributed by atoms with Crippen LogP contribution in [0, 0.1) is 6.92 Å². The largest absolute Gasteiger partial charge is 0.393 e. The quantitative estimate of drug-likeness (QED) is 0.740. The summed E-state index contributed by atoms with van der Waals surface area (Å²) in [4.78, 5) is 0.543. The van der Waals surface area contributed by atoms with Crippen molar-refractivity contribution >= 4 is 17.2 Å². The Morgan fingerprint density at radius 2 is 2.46 bits per heavy atom. The molecule has 0 aromatic carbocycles. The monoisotopic (exact) mass is 195 g/mol. The summed E-state index contributed by atoms with van der Waals surface area (Å²) in [5.74, 6) is 0. The Balaban J connectivity index is 2.25. The zero-order chi connectivity index (χ0) is 9.42. The Morgan fingerprint density at radius 3 is 3.00 bits per heavy atom. The lowest BCUT2D eigenvalue weighted by Crippen LogP contribution is -2.14. The van der Waals surface area contributed by atoms with Crippen LogP contribution in [0.5, 0.6) is 0 Å². The van der Waals surface area contributed by atoms with Crippen molar-refractivity contribution in [3.8, 4) is 0 Å². The van der Waals surface area contributed by atoms with Gasteiger partial charge in [0.25, 0.3) is 0 Å². The molecule has 0 radical (unpaired) electrons. The fraction of sp³-hybridized carbons (Fsp3) is 0.556. The normalized spacial score (nSPS) is 16.1. The van der Waals surface area contributed by atoms with Crippen LogP contribution in [0.15, 0.2) is 6.07 Å². The van der Waals surface area contributed by atoms with Gasteiger partial charge in [0.1, 0.15) is 0 Å². The fourth-order valence-corrected chi connectivity index (χ4v) is 1.66. The molecular formula is C9H13N3S. The molecule has 0 bridgehead atoms. The predicted molar refractivity (Wildman–Crippen MR) is 55.7 cm³/mol. The van der Waals surface area contributed by atoms with Gasteiger partial charge in [0.05, 0.1) is 16.7 Å². The summed E-state index contributed by atoms with van der Waals surface area (Å²) >= 11 is 4.89. The van der Waals surface area contributed by atoms with Crippen LogP contribution in [0.1, 0.15) is 30.3 Å². The lowest BCUT2D eigenvalue weighted by Gasteiger charge is -2.03. The van der Waals surface area contributed by atoms with Gasteiger partial charge in [-0.25, -0.2) is 0 Å². The number of rotatable bonds is 3. The van der Waals surface area contributed by atoms with E-state index >= 15 is 0 Å². The molecule has 1 aromatic rings. The van der Waals surface area contributed by atoms with Crippen LogP contribution in [0.2, 0.25) is 0 Å². The van der Waals surface area contributed by atoms with E-state index in [1.54, 1.807) is 0 Å². The molecule has 1 saturated carbocycles. The van der Waals surface area contributed by atoms with E-state index in [9.17, 15) is 0 Å². The van der Waals surface area contributed by atoms with E-state index in [1.165, 1.54) is 12.8 Å². The van der Waals surface area contributed by atoms with Crippen molar-refractivity contribution in [1.82, 2.24) is 9.78 Å². The van der Waals surface area contributed by atoms with Crippen molar-refractivity contribution in [3.63, 3.8) is 0 Å². The van der Waals surface area contributed by atoms with Crippen LogP contribution in [-0.2, 0) is 6.42 Å². The van der Waals surface area contributed by atoms with Gasteiger partial charge in [0, 0.05) is 12.1 Å². The molecule has 13 heavy (non-hydrogen) atoms. The van der Waals surface area contributed by atoms with Crippen molar-refractivity contribution in [2.24, 2.45) is 5.73 Å². The SMILES string of the molecule is Cc1cc(CC(N)=S)n(C2CC2)n1. The Kier molecular flexibility index (Phi) is 2.07. The van der Waals surface area contributed by atoms with E-state index in [0.717, 1.165) is 11.4 Å². The molecule has 2 rings (SSSR count). The summed E-state index contributed by atoms with van der Waals surface area (Å²) < 4.78 is 2.08. The minimum Gasteiger partial charge on any atom is -0.393 e. The molecule has 1 heterocycles. The van der Waals surface area contributed by atoms with Crippen molar-refractivity contribution in [3.05, 3.63) is 17.5 Å². The predicted octanol–water partition coefficient (Wildman–Crippen LogP) is 1.36. The third kappa shape index (κ3) is 1.88. The van der Waals surface area contributed by atoms with Gasteiger partial charge < -0.3 is 5.73 Å². The molecule has 0 unspecified atom stereocenters. The van der Waals surface area contributed by atoms with Crippen LogP contribution >= 0.6 is 12.2 Å². The zero-order valence-electron chi connectivity index (χ0n) is 7.66. The number of nitrogens with two attached hydrogens (primary N) is 1. The van der Waals surface area contributed by atoms with Gasteiger partial charge >= 0.3 is 0 Å². The standard InChI is InChI=1S/C9H13N3S/c1-6-4-8(5-9(10)13)12(11-6)7-2-3-7/h4,7H,2-3,5H2,1H3,(H2,10,13). The summed E-state index contributed by atoms with van der Waals surface area (Å²) in [5, 5.41) is 4.43. The van der Waals surface area contributed by atoms with Crippen molar-refractivity contribution in [2.45, 2.75) is 32.2 Å². The Hall–Kier alpha value is -0.900. The maximum Gasteiger partial charge on any atom is 0.0787 e. The first-order chi connectivity index (χ1) is 6.16. The number of aromatic nitrogens is 2. The average Bonchev–Trinajstić information content (AvgIpc) is 2.77. The number of aryl methyl sites for hydroxylation is 1. The third-order valence-corrected chi connectivity index (χ3v) is 2.33. The van der Waals surface area contributed by atoms with Crippen LogP contribution in [0.4, 0.5) is 0 Å². The van der Waals surface area contributed by atoms with Crippen LogP contribution in [0.3, 0.4) is 0 Å². The minimum atomic E-state index is 0.543. The molecule has 0 aliphatic heterocycles. The smallest absolute Gasteiger partial charge is 0.0787 e. The second-order valence-corrected chi connectivity index (χ2v) is 4.12. The first-order valence-electron chi connectivity index (χ1n) is 4.50. The first kappa shape index (κ1) is 8.69. The number of nitrogens with zero attached hydrogens (tertiary/aromatic N) is 2. The Morgan fingerprint density at radius 1 is 1.77 bits per heavy atom. The van der Waals surface area contributed by atoms with Gasteiger partial charge in [0.15, 0.2) is 0 Å². The van der Waals surface area contributed by atoms with E-state index < -0.39 is 0 Å². The highest BCUT2D eigenvalue weighted by Gasteiger charge is 2.26. The summed E-state index contributed by atoms with van der Waals surface area (Å²) in [6.07, 6.45) is 3.16. The van der Waals surface area contributed by atoms with Crippen LogP contribution in [0.25, 0.3) is 0 Å². The van der Waals surface area contributed by atoms with Gasteiger partial charge in [-0.15, -0.1) is 0 Å². The maximum atomic E-state index is 5.51. The lowest BCUT2D eigenvalue weighted by atomic mass is 10.3. The minimum absolute atomic E-state index is 0.543. The molecule has 4 heteroatoms. The summed E-state index contributed by atoms with van der Waals surface area (Å²) in [6, 6.07) is 2.68. The summed E-state index contributed by atoms with van der Waals surface area (Å²) in [6.45, 7) is 2.00. The lowest BCUT2D eigenvalue weighted by molar-refractivity contribution is 0.612. The molecule has 1 fully saturated rings. The molecule has 2 N–H and O–H groups in total. The molecule has 0 atom stereocenters. The second-order valence-electron chi connectivity index (χ2n) is 3.60. The fourth-order valence-electron chi connectivity index (χ4n) is 1.52. The highest BCUT2D eigenvalue weighted by molar-refractivity contribution is 7.80. The average molecular weight is 195 g/mol. The first-order valence-corrected chi connectivity index (χ1v) is 4.91. The highest BCUT2D eigenvalue weighted by atomic mass is 32.1. The van der Waals surface area contributed by atoms with Crippen molar-refractivity contribution in [1.29, 1.82) is 0 Å². The molecule has 0 saturated heterocycles. The summed E-state index contributed by atoms with van der Waals surface area (Å²) in [7, 11) is 0. The van der Waals surface area contributed by atoms with Gasteiger partial charge in [-0.2, -0.15) is 5.10 Å². The molecule has 1 aliphatic carbocycles. The van der Waals surface area contributed by atoms with Gasteiger partial charge in [-0.1, -0.05) is 12.2 Å². The van der Waals surface area contributed by atoms with Gasteiger partial charge in [-0.3, -0.25) is 4.68 Å². The molecule has 0 spiro atoms. The molecule has 3 nitrogen and oxygen atoms in total. The van der Waals surface area contributed by atoms with E-state index in [4.69, 9.17) is 18.0 Å². The van der Waals surface area contributed by atoms with E-state index in [-0.39, 0.29) is 0 Å². The maximum absolute atomic E-state index is 5.51. The van der Waals surface area contributed by atoms with E-state index in [1.807, 2.05) is 6.92 Å². The number of hydrogen-bond acceptors (Lipinski definition) is 2. The Labute approximate surface area is 82.9 Å². The van der Waals surface area contributed by atoms with E-state index in [0.29, 0.717) is 17.5 Å². The van der Waals surface area contributed by atoms with Crippen molar-refractivity contribution in [2.75, 3.05) is 0 Å². The summed E-state index contributed by atoms with van der Waals surface area (Å²) in [5.41, 5.74) is 7.73. The van der Waals surface area contributed by atoms with Crippen molar-refractivity contribution < 1.29 is 0 Å². The number of hydrogen-bond donors (Lipinski definition) is 1. The van der Waals surface area contributed by atoms with Crippen LogP contribution in [-0.4, -0.2) is 14.8 Å². The third-order valence-electron chi connectivity index (χ3n) is 2.18. The molecule has 70 valence electrons. The molecule has 0 amide bonds. The highest BCUT2D eigenvalue weighted by Crippen LogP contribution is 2.35. The molecule has 1 aromatic heterocycles. The molecule has 1 aliphatic rings. The zero-order valence-corrected chi connectivity index (χ0v) is 8.47. The topological polar surface area (TPSA) is 43.8 Å². The Bertz CT molecular complexity index is 339. The number of thiocarbonyl (C=S) groups is 1. The van der Waals surface area contributed by atoms with Gasteiger partial charge in [-0.05, 0) is 25.8 Å². The molecular weight excluding hydrogens is 182 g/mol. The van der Waals surface area contributed by atoms with E-state index in [2.05, 4.69) is 15.8 Å². The second kappa shape index (κ2) is 3.10. The van der Waals surface area contributed by atoms with Crippen LogP contribution < -0.4 is 5.73 Å². The van der Waals surface area contributed by atoms with Gasteiger partial charge in [0.2, 0.25) is 0 Å².